The van der Waals surface area contributed by atoms with Gasteiger partial charge in [-0.15, -0.1) is 6.42 Å². The molecule has 0 amide bonds. The van der Waals surface area contributed by atoms with Crippen LogP contribution in [-0.4, -0.2) is 28.2 Å². The van der Waals surface area contributed by atoms with Crippen molar-refractivity contribution in [2.45, 2.75) is 25.0 Å². The van der Waals surface area contributed by atoms with E-state index in [1.54, 1.807) is 0 Å². The van der Waals surface area contributed by atoms with E-state index in [0.29, 0.717) is 19.6 Å². The molecule has 0 bridgehead atoms. The fraction of sp³-hybridized carbons (Fsp3) is 0.357. The quantitative estimate of drug-likeness (QED) is 0.820. The Balaban J connectivity index is 2.05. The van der Waals surface area contributed by atoms with Crippen LogP contribution in [0.25, 0.3) is 0 Å². The molecule has 18 heavy (non-hydrogen) atoms. The van der Waals surface area contributed by atoms with Gasteiger partial charge >= 0.3 is 5.97 Å². The zero-order valence-corrected chi connectivity index (χ0v) is 10.0. The summed E-state index contributed by atoms with van der Waals surface area (Å²) in [6, 6.07) is 9.59. The average Bonchev–Trinajstić information content (AvgIpc) is 2.81. The summed E-state index contributed by atoms with van der Waals surface area (Å²) >= 11 is 0. The van der Waals surface area contributed by atoms with Gasteiger partial charge in [0, 0.05) is 6.54 Å². The van der Waals surface area contributed by atoms with Gasteiger partial charge in [0.25, 0.3) is 0 Å². The topological polar surface area (TPSA) is 49.8 Å². The Bertz CT molecular complexity index is 466. The van der Waals surface area contributed by atoms with E-state index >= 15 is 0 Å². The lowest BCUT2D eigenvalue weighted by Gasteiger charge is -2.28. The molecule has 1 N–H and O–H groups in total. The highest BCUT2D eigenvalue weighted by atomic mass is 16.7. The van der Waals surface area contributed by atoms with Crippen LogP contribution in [0.15, 0.2) is 30.3 Å². The maximum Gasteiger partial charge on any atom is 0.338 e. The number of carbonyl (C=O) groups is 1. The highest BCUT2D eigenvalue weighted by molar-refractivity contribution is 5.83. The van der Waals surface area contributed by atoms with Crippen molar-refractivity contribution in [3.63, 3.8) is 0 Å². The first-order valence-electron chi connectivity index (χ1n) is 5.85. The largest absolute Gasteiger partial charge is 0.479 e. The van der Waals surface area contributed by atoms with Crippen molar-refractivity contribution in [3.05, 3.63) is 35.9 Å². The molecule has 1 aliphatic rings. The first-order valence-corrected chi connectivity index (χ1v) is 5.85. The van der Waals surface area contributed by atoms with Gasteiger partial charge in [-0.3, -0.25) is 4.84 Å². The van der Waals surface area contributed by atoms with E-state index in [-0.39, 0.29) is 0 Å². The Kier molecular flexibility index (Phi) is 3.66. The second kappa shape index (κ2) is 5.21. The molecule has 1 heterocycles. The number of carboxylic acid groups (broad SMARTS) is 1. The molecule has 4 heteroatoms. The van der Waals surface area contributed by atoms with Crippen LogP contribution >= 0.6 is 0 Å². The molecular formula is C14H15NO3. The molecule has 1 saturated heterocycles. The lowest BCUT2D eigenvalue weighted by atomic mass is 9.99. The van der Waals surface area contributed by atoms with Gasteiger partial charge in [0.2, 0.25) is 5.54 Å². The third kappa shape index (κ3) is 2.23. The Hall–Kier alpha value is -1.83. The molecule has 1 aliphatic heterocycles. The molecule has 1 fully saturated rings. The lowest BCUT2D eigenvalue weighted by Crippen LogP contribution is -2.49. The van der Waals surface area contributed by atoms with E-state index in [1.807, 2.05) is 30.3 Å². The van der Waals surface area contributed by atoms with Crippen molar-refractivity contribution in [1.82, 2.24) is 5.06 Å². The number of hydroxylamine groups is 2. The Morgan fingerprint density at radius 3 is 2.83 bits per heavy atom. The molecule has 0 aromatic heterocycles. The summed E-state index contributed by atoms with van der Waals surface area (Å²) in [7, 11) is 0. The molecule has 0 unspecified atom stereocenters. The van der Waals surface area contributed by atoms with Crippen molar-refractivity contribution < 1.29 is 14.7 Å². The average molecular weight is 245 g/mol. The van der Waals surface area contributed by atoms with Crippen molar-refractivity contribution in [3.8, 4) is 12.3 Å². The summed E-state index contributed by atoms with van der Waals surface area (Å²) in [4.78, 5) is 16.9. The van der Waals surface area contributed by atoms with Crippen molar-refractivity contribution >= 4 is 5.97 Å². The van der Waals surface area contributed by atoms with Crippen molar-refractivity contribution in [2.24, 2.45) is 0 Å². The van der Waals surface area contributed by atoms with E-state index in [0.717, 1.165) is 12.0 Å². The fourth-order valence-corrected chi connectivity index (χ4v) is 2.12. The number of hydrogen-bond donors (Lipinski definition) is 1. The van der Waals surface area contributed by atoms with Gasteiger partial charge in [-0.25, -0.2) is 4.79 Å². The summed E-state index contributed by atoms with van der Waals surface area (Å²) < 4.78 is 0. The van der Waals surface area contributed by atoms with Crippen LogP contribution in [-0.2, 0) is 16.2 Å². The van der Waals surface area contributed by atoms with Crippen LogP contribution in [0.4, 0.5) is 0 Å². The fourth-order valence-electron chi connectivity index (χ4n) is 2.12. The Morgan fingerprint density at radius 2 is 2.22 bits per heavy atom. The van der Waals surface area contributed by atoms with Crippen molar-refractivity contribution in [2.75, 3.05) is 6.54 Å². The van der Waals surface area contributed by atoms with Gasteiger partial charge in [-0.05, 0) is 18.4 Å². The van der Waals surface area contributed by atoms with Crippen molar-refractivity contribution in [1.29, 1.82) is 0 Å². The number of terminal acetylenes is 1. The van der Waals surface area contributed by atoms with Gasteiger partial charge in [0.1, 0.15) is 0 Å². The molecule has 0 spiro atoms. The van der Waals surface area contributed by atoms with Crippen LogP contribution in [0.5, 0.6) is 0 Å². The molecule has 1 atom stereocenters. The van der Waals surface area contributed by atoms with Crippen LogP contribution in [0.1, 0.15) is 18.4 Å². The predicted octanol–water partition coefficient (Wildman–Crippen LogP) is 1.67. The smallest absolute Gasteiger partial charge is 0.338 e. The molecule has 1 aromatic carbocycles. The molecular weight excluding hydrogens is 230 g/mol. The first-order chi connectivity index (χ1) is 8.69. The maximum atomic E-state index is 11.3. The van der Waals surface area contributed by atoms with Gasteiger partial charge in [0.05, 0.1) is 6.61 Å². The molecule has 0 saturated carbocycles. The summed E-state index contributed by atoms with van der Waals surface area (Å²) in [6.07, 6.45) is 6.53. The maximum absolute atomic E-state index is 11.3. The molecule has 1 aromatic rings. The van der Waals surface area contributed by atoms with E-state index in [1.165, 1.54) is 5.06 Å². The number of rotatable bonds is 4. The molecule has 94 valence electrons. The molecule has 2 rings (SSSR count). The van der Waals surface area contributed by atoms with E-state index < -0.39 is 11.5 Å². The normalized spacial score (nSPS) is 23.7. The van der Waals surface area contributed by atoms with E-state index in [4.69, 9.17) is 11.3 Å². The SMILES string of the molecule is C#C[C@@]1(C(=O)O)CCCN1OCc1ccccc1. The third-order valence-electron chi connectivity index (χ3n) is 3.15. The zero-order chi connectivity index (χ0) is 13.0. The summed E-state index contributed by atoms with van der Waals surface area (Å²) in [6.45, 7) is 0.876. The lowest BCUT2D eigenvalue weighted by molar-refractivity contribution is -0.208. The third-order valence-corrected chi connectivity index (χ3v) is 3.15. The number of nitrogens with zero attached hydrogens (tertiary/aromatic N) is 1. The van der Waals surface area contributed by atoms with Crippen LogP contribution in [0.2, 0.25) is 0 Å². The molecule has 0 aliphatic carbocycles. The minimum Gasteiger partial charge on any atom is -0.479 e. The van der Waals surface area contributed by atoms with Gasteiger partial charge in [0.15, 0.2) is 0 Å². The highest BCUT2D eigenvalue weighted by Crippen LogP contribution is 2.29. The number of benzene rings is 1. The minimum atomic E-state index is -1.31. The second-order valence-corrected chi connectivity index (χ2v) is 4.27. The van der Waals surface area contributed by atoms with Gasteiger partial charge in [-0.1, -0.05) is 36.3 Å². The zero-order valence-electron chi connectivity index (χ0n) is 10.0. The Labute approximate surface area is 106 Å². The number of hydrogen-bond acceptors (Lipinski definition) is 3. The molecule has 4 nitrogen and oxygen atoms in total. The highest BCUT2D eigenvalue weighted by Gasteiger charge is 2.47. The summed E-state index contributed by atoms with van der Waals surface area (Å²) in [5, 5.41) is 10.7. The summed E-state index contributed by atoms with van der Waals surface area (Å²) in [5.74, 6) is 1.35. The standard InChI is InChI=1S/C14H15NO3/c1-2-14(13(16)17)9-6-10-15(14)18-11-12-7-4-3-5-8-12/h1,3-5,7-8H,6,9-11H2,(H,16,17)/t14-/m0/s1. The van der Waals surface area contributed by atoms with E-state index in [9.17, 15) is 9.90 Å². The molecule has 0 radical (unpaired) electrons. The van der Waals surface area contributed by atoms with Crippen LogP contribution < -0.4 is 0 Å². The number of aliphatic carboxylic acids is 1. The summed E-state index contributed by atoms with van der Waals surface area (Å²) in [5.41, 5.74) is -0.324. The monoisotopic (exact) mass is 245 g/mol. The van der Waals surface area contributed by atoms with Crippen LogP contribution in [0.3, 0.4) is 0 Å². The predicted molar refractivity (Wildman–Crippen MR) is 66.4 cm³/mol. The first kappa shape index (κ1) is 12.6. The second-order valence-electron chi connectivity index (χ2n) is 4.27. The Morgan fingerprint density at radius 1 is 1.50 bits per heavy atom. The van der Waals surface area contributed by atoms with E-state index in [2.05, 4.69) is 5.92 Å². The van der Waals surface area contributed by atoms with Crippen LogP contribution in [0, 0.1) is 12.3 Å². The number of carboxylic acids is 1. The van der Waals surface area contributed by atoms with Gasteiger partial charge < -0.3 is 5.11 Å². The van der Waals surface area contributed by atoms with Gasteiger partial charge in [-0.2, -0.15) is 5.06 Å². The minimum absolute atomic E-state index is 0.331.